The van der Waals surface area contributed by atoms with E-state index in [4.69, 9.17) is 11.5 Å². The zero-order valence-electron chi connectivity index (χ0n) is 7.17. The van der Waals surface area contributed by atoms with Gasteiger partial charge in [0.05, 0.1) is 0 Å². The van der Waals surface area contributed by atoms with Crippen LogP contribution >= 0.6 is 0 Å². The van der Waals surface area contributed by atoms with Crippen LogP contribution in [-0.4, -0.2) is 23.3 Å². The number of aromatic amines is 1. The molecule has 0 amide bonds. The molecule has 0 atom stereocenters. The van der Waals surface area contributed by atoms with E-state index in [9.17, 15) is 0 Å². The maximum Gasteiger partial charge on any atom is 0.112 e. The van der Waals surface area contributed by atoms with Crippen molar-refractivity contribution in [3.63, 3.8) is 0 Å². The van der Waals surface area contributed by atoms with E-state index in [1.54, 1.807) is 12.3 Å². The standard InChI is InChI=1S/C3H3N2.2C2H7N/c1-2-4-5-3-1;2*1-2-3/h1-2H,(H,4,5);2*2-3H2,1H3. The summed E-state index contributed by atoms with van der Waals surface area (Å²) in [6, 6.07) is 1.71. The van der Waals surface area contributed by atoms with E-state index in [2.05, 4.69) is 16.4 Å². The number of rotatable bonds is 0. The first-order chi connectivity index (χ1) is 5.33. The van der Waals surface area contributed by atoms with Gasteiger partial charge in [-0.05, 0) is 19.2 Å². The molecule has 4 nitrogen and oxygen atoms in total. The maximum atomic E-state index is 4.85. The Morgan fingerprint density at radius 3 is 1.91 bits per heavy atom. The van der Waals surface area contributed by atoms with Gasteiger partial charge in [-0.1, -0.05) is 13.8 Å². The van der Waals surface area contributed by atoms with E-state index < -0.39 is 0 Å². The van der Waals surface area contributed by atoms with E-state index in [0.29, 0.717) is 0 Å². The SMILES string of the molecule is CCN.CCN.[c]1cc[nH]n1. The molecule has 4 heteroatoms. The monoisotopic (exact) mass is 157 g/mol. The molecule has 0 bridgehead atoms. The van der Waals surface area contributed by atoms with Gasteiger partial charge in [-0.25, -0.2) is 0 Å². The van der Waals surface area contributed by atoms with Gasteiger partial charge in [-0.15, -0.1) is 0 Å². The molecule has 0 spiro atoms. The lowest BCUT2D eigenvalue weighted by Crippen LogP contribution is -1.87. The van der Waals surface area contributed by atoms with Crippen LogP contribution in [0.15, 0.2) is 12.3 Å². The Morgan fingerprint density at radius 2 is 1.82 bits per heavy atom. The van der Waals surface area contributed by atoms with Gasteiger partial charge in [-0.2, -0.15) is 5.10 Å². The number of aromatic nitrogens is 2. The lowest BCUT2D eigenvalue weighted by atomic mass is 10.8. The Balaban J connectivity index is 0. The van der Waals surface area contributed by atoms with E-state index in [0.717, 1.165) is 13.1 Å². The summed E-state index contributed by atoms with van der Waals surface area (Å²) >= 11 is 0. The minimum atomic E-state index is 0.750. The van der Waals surface area contributed by atoms with Crippen LogP contribution in [0, 0.1) is 6.20 Å². The Morgan fingerprint density at radius 1 is 1.36 bits per heavy atom. The summed E-state index contributed by atoms with van der Waals surface area (Å²) in [6.07, 6.45) is 4.26. The molecule has 0 aromatic carbocycles. The topological polar surface area (TPSA) is 80.7 Å². The highest BCUT2D eigenvalue weighted by Gasteiger charge is 1.58. The van der Waals surface area contributed by atoms with E-state index in [-0.39, 0.29) is 0 Å². The van der Waals surface area contributed by atoms with Crippen molar-refractivity contribution in [2.45, 2.75) is 13.8 Å². The van der Waals surface area contributed by atoms with E-state index >= 15 is 0 Å². The highest BCUT2D eigenvalue weighted by atomic mass is 15.1. The minimum Gasteiger partial charge on any atom is -0.331 e. The molecule has 1 aromatic rings. The van der Waals surface area contributed by atoms with Gasteiger partial charge in [0.2, 0.25) is 0 Å². The molecule has 0 aliphatic rings. The summed E-state index contributed by atoms with van der Waals surface area (Å²) in [5.74, 6) is 0. The van der Waals surface area contributed by atoms with Crippen LogP contribution in [0.2, 0.25) is 0 Å². The number of nitrogens with two attached hydrogens (primary N) is 2. The molecule has 1 heterocycles. The highest BCUT2D eigenvalue weighted by Crippen LogP contribution is 1.62. The molecular formula is C7H17N4. The van der Waals surface area contributed by atoms with Gasteiger partial charge < -0.3 is 11.5 Å². The fourth-order valence-electron chi connectivity index (χ4n) is 0.186. The van der Waals surface area contributed by atoms with Gasteiger partial charge in [0.15, 0.2) is 0 Å². The normalized spacial score (nSPS) is 6.91. The average molecular weight is 157 g/mol. The molecule has 11 heavy (non-hydrogen) atoms. The zero-order valence-corrected chi connectivity index (χ0v) is 7.17. The number of hydrogen-bond acceptors (Lipinski definition) is 3. The number of H-pyrrole nitrogens is 1. The van der Waals surface area contributed by atoms with Crippen molar-refractivity contribution in [3.8, 4) is 0 Å². The molecular weight excluding hydrogens is 140 g/mol. The van der Waals surface area contributed by atoms with E-state index in [1.165, 1.54) is 0 Å². The average Bonchev–Trinajstić information content (AvgIpc) is 2.44. The van der Waals surface area contributed by atoms with Gasteiger partial charge in [0.25, 0.3) is 0 Å². The highest BCUT2D eigenvalue weighted by molar-refractivity contribution is 4.69. The second-order valence-electron chi connectivity index (χ2n) is 1.52. The second-order valence-corrected chi connectivity index (χ2v) is 1.52. The van der Waals surface area contributed by atoms with Crippen molar-refractivity contribution in [2.75, 3.05) is 13.1 Å². The lowest BCUT2D eigenvalue weighted by Gasteiger charge is -1.53. The molecule has 1 aromatic heterocycles. The van der Waals surface area contributed by atoms with E-state index in [1.807, 2.05) is 13.8 Å². The van der Waals surface area contributed by atoms with Gasteiger partial charge >= 0.3 is 0 Å². The molecule has 0 unspecified atom stereocenters. The first kappa shape index (κ1) is 12.8. The third-order valence-corrected chi connectivity index (χ3v) is 0.362. The fraction of sp³-hybridized carbons (Fsp3) is 0.571. The first-order valence-electron chi connectivity index (χ1n) is 3.59. The van der Waals surface area contributed by atoms with Crippen molar-refractivity contribution in [2.24, 2.45) is 11.5 Å². The molecule has 1 rings (SSSR count). The minimum absolute atomic E-state index is 0.750. The predicted octanol–water partition coefficient (Wildman–Crippen LogP) is 0.140. The van der Waals surface area contributed by atoms with Gasteiger partial charge in [0.1, 0.15) is 6.20 Å². The Hall–Kier alpha value is -0.870. The number of nitrogens with zero attached hydrogens (tertiary/aromatic N) is 1. The Kier molecular flexibility index (Phi) is 18.7. The summed E-state index contributed by atoms with van der Waals surface area (Å²) in [7, 11) is 0. The van der Waals surface area contributed by atoms with Gasteiger partial charge in [-0.3, -0.25) is 5.10 Å². The Labute approximate surface area is 68.0 Å². The van der Waals surface area contributed by atoms with Crippen molar-refractivity contribution in [1.82, 2.24) is 10.2 Å². The molecule has 0 aliphatic heterocycles. The lowest BCUT2D eigenvalue weighted by molar-refractivity contribution is 1.08. The molecule has 65 valence electrons. The summed E-state index contributed by atoms with van der Waals surface area (Å²) in [5.41, 5.74) is 9.69. The molecule has 0 aliphatic carbocycles. The third-order valence-electron chi connectivity index (χ3n) is 0.362. The van der Waals surface area contributed by atoms with Crippen LogP contribution in [0.25, 0.3) is 0 Å². The summed E-state index contributed by atoms with van der Waals surface area (Å²) < 4.78 is 0. The Bertz CT molecular complexity index is 86.0. The van der Waals surface area contributed by atoms with Crippen molar-refractivity contribution >= 4 is 0 Å². The molecule has 5 N–H and O–H groups in total. The predicted molar refractivity (Wildman–Crippen MR) is 46.9 cm³/mol. The maximum absolute atomic E-state index is 4.85. The molecule has 0 fully saturated rings. The first-order valence-corrected chi connectivity index (χ1v) is 3.59. The number of hydrogen-bond donors (Lipinski definition) is 3. The van der Waals surface area contributed by atoms with Crippen molar-refractivity contribution in [3.05, 3.63) is 18.5 Å². The smallest absolute Gasteiger partial charge is 0.112 e. The van der Waals surface area contributed by atoms with Crippen LogP contribution in [0.3, 0.4) is 0 Å². The second kappa shape index (κ2) is 16.1. The van der Waals surface area contributed by atoms with Crippen LogP contribution in [-0.2, 0) is 0 Å². The molecule has 1 radical (unpaired) electrons. The quantitative estimate of drug-likeness (QED) is 0.501. The van der Waals surface area contributed by atoms with Crippen LogP contribution < -0.4 is 11.5 Å². The number of nitrogens with one attached hydrogen (secondary N) is 1. The fourth-order valence-corrected chi connectivity index (χ4v) is 0.186. The van der Waals surface area contributed by atoms with Crippen LogP contribution in [0.4, 0.5) is 0 Å². The summed E-state index contributed by atoms with van der Waals surface area (Å²) in [6.45, 7) is 5.31. The van der Waals surface area contributed by atoms with Crippen LogP contribution in [0.1, 0.15) is 13.8 Å². The van der Waals surface area contributed by atoms with Crippen LogP contribution in [0.5, 0.6) is 0 Å². The third kappa shape index (κ3) is 27.2. The molecule has 0 saturated heterocycles. The molecule has 0 saturated carbocycles. The summed E-state index contributed by atoms with van der Waals surface area (Å²) in [4.78, 5) is 0. The summed E-state index contributed by atoms with van der Waals surface area (Å²) in [5, 5.41) is 6.03. The van der Waals surface area contributed by atoms with Crippen molar-refractivity contribution < 1.29 is 0 Å². The van der Waals surface area contributed by atoms with Crippen molar-refractivity contribution in [1.29, 1.82) is 0 Å². The zero-order chi connectivity index (χ0) is 8.95. The largest absolute Gasteiger partial charge is 0.331 e. The van der Waals surface area contributed by atoms with Gasteiger partial charge in [0, 0.05) is 6.20 Å².